The predicted octanol–water partition coefficient (Wildman–Crippen LogP) is 0.354. The minimum absolute atomic E-state index is 0.116. The van der Waals surface area contributed by atoms with Crippen LogP contribution in [-0.4, -0.2) is 62.3 Å². The summed E-state index contributed by atoms with van der Waals surface area (Å²) in [6, 6.07) is 1.26. The molecule has 5 heteroatoms. The van der Waals surface area contributed by atoms with Crippen molar-refractivity contribution in [2.75, 3.05) is 33.3 Å². The van der Waals surface area contributed by atoms with E-state index in [2.05, 4.69) is 22.5 Å². The summed E-state index contributed by atoms with van der Waals surface area (Å²) in [6.07, 6.45) is 5.09. The number of amides is 1. The lowest BCUT2D eigenvalue weighted by molar-refractivity contribution is -0.122. The van der Waals surface area contributed by atoms with Crippen molar-refractivity contribution in [2.24, 2.45) is 0 Å². The fourth-order valence-corrected chi connectivity index (χ4v) is 2.95. The first kappa shape index (κ1) is 14.8. The van der Waals surface area contributed by atoms with Gasteiger partial charge in [-0.15, -0.1) is 0 Å². The van der Waals surface area contributed by atoms with E-state index in [0.717, 1.165) is 45.4 Å². The molecule has 0 aromatic heterocycles. The van der Waals surface area contributed by atoms with Crippen LogP contribution in [0.4, 0.5) is 0 Å². The lowest BCUT2D eigenvalue weighted by Gasteiger charge is -2.40. The topological polar surface area (TPSA) is 53.6 Å². The van der Waals surface area contributed by atoms with Crippen molar-refractivity contribution in [1.29, 1.82) is 0 Å². The molecule has 0 bridgehead atoms. The standard InChI is InChI=1S/C14H27N3O2/c1-3-19-13-8-12(9-13)16-11-4-6-17(7-5-11)10-14(18)15-2/h11-13,16H,3-10H2,1-2H3,(H,15,18). The van der Waals surface area contributed by atoms with Crippen molar-refractivity contribution in [3.05, 3.63) is 0 Å². The first-order valence-electron chi connectivity index (χ1n) is 7.51. The van der Waals surface area contributed by atoms with E-state index in [-0.39, 0.29) is 5.91 Å². The molecule has 19 heavy (non-hydrogen) atoms. The molecule has 1 aliphatic heterocycles. The van der Waals surface area contributed by atoms with Crippen LogP contribution < -0.4 is 10.6 Å². The van der Waals surface area contributed by atoms with Crippen LogP contribution in [-0.2, 0) is 9.53 Å². The Hall–Kier alpha value is -0.650. The Bertz CT molecular complexity index is 284. The molecule has 1 heterocycles. The molecule has 0 aromatic rings. The summed E-state index contributed by atoms with van der Waals surface area (Å²) < 4.78 is 5.58. The molecular weight excluding hydrogens is 242 g/mol. The monoisotopic (exact) mass is 269 g/mol. The third-order valence-corrected chi connectivity index (χ3v) is 4.20. The Morgan fingerprint density at radius 1 is 1.26 bits per heavy atom. The number of likely N-dealkylation sites (tertiary alicyclic amines) is 1. The maximum Gasteiger partial charge on any atom is 0.233 e. The van der Waals surface area contributed by atoms with Crippen LogP contribution in [0.2, 0.25) is 0 Å². The highest BCUT2D eigenvalue weighted by Gasteiger charge is 2.32. The molecule has 1 aliphatic carbocycles. The highest BCUT2D eigenvalue weighted by atomic mass is 16.5. The van der Waals surface area contributed by atoms with Gasteiger partial charge >= 0.3 is 0 Å². The molecule has 0 aromatic carbocycles. The Morgan fingerprint density at radius 3 is 2.53 bits per heavy atom. The summed E-state index contributed by atoms with van der Waals surface area (Å²) in [4.78, 5) is 13.5. The van der Waals surface area contributed by atoms with Crippen molar-refractivity contribution < 1.29 is 9.53 Å². The van der Waals surface area contributed by atoms with E-state index in [1.54, 1.807) is 7.05 Å². The van der Waals surface area contributed by atoms with Crippen LogP contribution in [0, 0.1) is 0 Å². The Morgan fingerprint density at radius 2 is 1.95 bits per heavy atom. The van der Waals surface area contributed by atoms with Crippen molar-refractivity contribution >= 4 is 5.91 Å². The van der Waals surface area contributed by atoms with E-state index in [0.29, 0.717) is 24.7 Å². The maximum absolute atomic E-state index is 11.3. The Kier molecular flexibility index (Phi) is 5.60. The Balaban J connectivity index is 1.58. The molecule has 0 unspecified atom stereocenters. The molecule has 110 valence electrons. The second-order valence-corrected chi connectivity index (χ2v) is 5.64. The molecule has 1 saturated heterocycles. The zero-order chi connectivity index (χ0) is 13.7. The summed E-state index contributed by atoms with van der Waals surface area (Å²) in [5.74, 6) is 0.116. The number of nitrogens with zero attached hydrogens (tertiary/aromatic N) is 1. The molecule has 1 amide bonds. The van der Waals surface area contributed by atoms with Gasteiger partial charge in [-0.3, -0.25) is 9.69 Å². The van der Waals surface area contributed by atoms with Crippen LogP contribution in [0.1, 0.15) is 32.6 Å². The summed E-state index contributed by atoms with van der Waals surface area (Å²) in [7, 11) is 1.70. The molecule has 2 fully saturated rings. The zero-order valence-electron chi connectivity index (χ0n) is 12.2. The van der Waals surface area contributed by atoms with Gasteiger partial charge in [-0.25, -0.2) is 0 Å². The highest BCUT2D eigenvalue weighted by Crippen LogP contribution is 2.25. The van der Waals surface area contributed by atoms with Gasteiger partial charge in [-0.05, 0) is 32.6 Å². The van der Waals surface area contributed by atoms with Gasteiger partial charge in [0.05, 0.1) is 12.6 Å². The van der Waals surface area contributed by atoms with Crippen LogP contribution in [0.3, 0.4) is 0 Å². The second kappa shape index (κ2) is 7.22. The molecule has 2 N–H and O–H groups in total. The minimum Gasteiger partial charge on any atom is -0.378 e. The number of hydrogen-bond acceptors (Lipinski definition) is 4. The minimum atomic E-state index is 0.116. The summed E-state index contributed by atoms with van der Waals surface area (Å²) in [5, 5.41) is 6.40. The molecular formula is C14H27N3O2. The van der Waals surface area contributed by atoms with Gasteiger partial charge < -0.3 is 15.4 Å². The number of hydrogen-bond donors (Lipinski definition) is 2. The maximum atomic E-state index is 11.3. The SMILES string of the molecule is CCOC1CC(NC2CCN(CC(=O)NC)CC2)C1. The van der Waals surface area contributed by atoms with Crippen LogP contribution in [0.15, 0.2) is 0 Å². The molecule has 0 spiro atoms. The van der Waals surface area contributed by atoms with Crippen LogP contribution in [0.25, 0.3) is 0 Å². The largest absolute Gasteiger partial charge is 0.378 e. The first-order chi connectivity index (χ1) is 9.21. The number of rotatable bonds is 6. The summed E-state index contributed by atoms with van der Waals surface area (Å²) >= 11 is 0. The van der Waals surface area contributed by atoms with Gasteiger partial charge in [-0.1, -0.05) is 0 Å². The van der Waals surface area contributed by atoms with Gasteiger partial charge in [0.25, 0.3) is 0 Å². The molecule has 1 saturated carbocycles. The van der Waals surface area contributed by atoms with E-state index >= 15 is 0 Å². The van der Waals surface area contributed by atoms with E-state index in [4.69, 9.17) is 4.74 Å². The smallest absolute Gasteiger partial charge is 0.233 e. The summed E-state index contributed by atoms with van der Waals surface area (Å²) in [6.45, 7) is 5.47. The molecule has 5 nitrogen and oxygen atoms in total. The Labute approximate surface area is 116 Å². The number of likely N-dealkylation sites (N-methyl/N-ethyl adjacent to an activating group) is 1. The molecule has 0 radical (unpaired) electrons. The highest BCUT2D eigenvalue weighted by molar-refractivity contribution is 5.77. The lowest BCUT2D eigenvalue weighted by Crippen LogP contribution is -2.53. The van der Waals surface area contributed by atoms with Gasteiger partial charge in [-0.2, -0.15) is 0 Å². The number of nitrogens with one attached hydrogen (secondary N) is 2. The van der Waals surface area contributed by atoms with Gasteiger partial charge in [0, 0.05) is 38.8 Å². The van der Waals surface area contributed by atoms with E-state index in [1.807, 2.05) is 0 Å². The quantitative estimate of drug-likeness (QED) is 0.731. The number of carbonyl (C=O) groups is 1. The fourth-order valence-electron chi connectivity index (χ4n) is 2.95. The van der Waals surface area contributed by atoms with Crippen LogP contribution in [0.5, 0.6) is 0 Å². The first-order valence-corrected chi connectivity index (χ1v) is 7.51. The van der Waals surface area contributed by atoms with E-state index < -0.39 is 0 Å². The van der Waals surface area contributed by atoms with Crippen molar-refractivity contribution in [1.82, 2.24) is 15.5 Å². The third kappa shape index (κ3) is 4.44. The van der Waals surface area contributed by atoms with Crippen molar-refractivity contribution in [3.63, 3.8) is 0 Å². The number of carbonyl (C=O) groups excluding carboxylic acids is 1. The number of piperidine rings is 1. The third-order valence-electron chi connectivity index (χ3n) is 4.20. The molecule has 2 rings (SSSR count). The fraction of sp³-hybridized carbons (Fsp3) is 0.929. The average Bonchev–Trinajstić information content (AvgIpc) is 2.38. The zero-order valence-corrected chi connectivity index (χ0v) is 12.2. The van der Waals surface area contributed by atoms with Gasteiger partial charge in [0.2, 0.25) is 5.91 Å². The predicted molar refractivity (Wildman–Crippen MR) is 75.1 cm³/mol. The van der Waals surface area contributed by atoms with Crippen molar-refractivity contribution in [2.45, 2.75) is 50.8 Å². The van der Waals surface area contributed by atoms with E-state index in [1.165, 1.54) is 0 Å². The van der Waals surface area contributed by atoms with Crippen molar-refractivity contribution in [3.8, 4) is 0 Å². The lowest BCUT2D eigenvalue weighted by atomic mass is 9.87. The van der Waals surface area contributed by atoms with E-state index in [9.17, 15) is 4.79 Å². The number of ether oxygens (including phenoxy) is 1. The van der Waals surface area contributed by atoms with Crippen LogP contribution >= 0.6 is 0 Å². The molecule has 0 atom stereocenters. The normalized spacial score (nSPS) is 28.9. The summed E-state index contributed by atoms with van der Waals surface area (Å²) in [5.41, 5.74) is 0. The molecule has 2 aliphatic rings. The second-order valence-electron chi connectivity index (χ2n) is 5.64. The van der Waals surface area contributed by atoms with Gasteiger partial charge in [0.15, 0.2) is 0 Å². The average molecular weight is 269 g/mol. The van der Waals surface area contributed by atoms with Gasteiger partial charge in [0.1, 0.15) is 0 Å².